The molecule has 4 heterocycles. The number of hydrogen-bond donors (Lipinski definition) is 1. The molecule has 9 heteroatoms. The fourth-order valence-electron chi connectivity index (χ4n) is 3.77. The molecule has 2 aliphatic heterocycles. The van der Waals surface area contributed by atoms with Crippen LogP contribution in [0.1, 0.15) is 32.8 Å². The maximum absolute atomic E-state index is 12.7. The fraction of sp³-hybridized carbons (Fsp3) is 0.429. The standard InChI is InChI=1S/C21H24ClN5O3/c1-21(2,3)30-20(28)27-14-6-13(7-15(27)11-29-10-14)12-4-5-24-17(8-12)16-9-18(22)25-26-19(16)23/h4-6,8-9,14-15H,7,10-11H2,1-3H3,(H2,23,26)/t14-,15+/m0/s1. The SMILES string of the molecule is CC(C)(C)OC(=O)N1[C@H]2COC[C@@H]1C=C(c1ccnc(-c3cc(Cl)nnc3N)c1)C2. The van der Waals surface area contributed by atoms with Crippen molar-refractivity contribution in [2.24, 2.45) is 0 Å². The van der Waals surface area contributed by atoms with E-state index >= 15 is 0 Å². The lowest BCUT2D eigenvalue weighted by Gasteiger charge is -2.44. The molecule has 2 aromatic rings. The van der Waals surface area contributed by atoms with Crippen LogP contribution in [-0.4, -0.2) is 57.1 Å². The molecule has 4 rings (SSSR count). The van der Waals surface area contributed by atoms with Crippen molar-refractivity contribution >= 4 is 29.1 Å². The van der Waals surface area contributed by atoms with Crippen LogP contribution in [0.2, 0.25) is 5.15 Å². The highest BCUT2D eigenvalue weighted by atomic mass is 35.5. The van der Waals surface area contributed by atoms with Gasteiger partial charge in [0.05, 0.1) is 31.0 Å². The Morgan fingerprint density at radius 2 is 2.10 bits per heavy atom. The number of rotatable bonds is 2. The maximum atomic E-state index is 12.7. The number of carbonyl (C=O) groups excluding carboxylic acids is 1. The molecule has 158 valence electrons. The van der Waals surface area contributed by atoms with Gasteiger partial charge in [-0.3, -0.25) is 9.88 Å². The van der Waals surface area contributed by atoms with Crippen molar-refractivity contribution in [3.8, 4) is 11.3 Å². The summed E-state index contributed by atoms with van der Waals surface area (Å²) < 4.78 is 11.3. The van der Waals surface area contributed by atoms with Crippen molar-refractivity contribution in [1.82, 2.24) is 20.1 Å². The van der Waals surface area contributed by atoms with Gasteiger partial charge in [0.25, 0.3) is 0 Å². The second-order valence-corrected chi connectivity index (χ2v) is 8.83. The number of halogens is 1. The zero-order valence-electron chi connectivity index (χ0n) is 17.1. The van der Waals surface area contributed by atoms with Crippen molar-refractivity contribution in [2.75, 3.05) is 18.9 Å². The fourth-order valence-corrected chi connectivity index (χ4v) is 3.92. The summed E-state index contributed by atoms with van der Waals surface area (Å²) in [5.74, 6) is 0.267. The molecule has 0 saturated carbocycles. The van der Waals surface area contributed by atoms with Gasteiger partial charge in [-0.1, -0.05) is 17.7 Å². The summed E-state index contributed by atoms with van der Waals surface area (Å²) in [5, 5.41) is 7.88. The van der Waals surface area contributed by atoms with E-state index in [9.17, 15) is 4.79 Å². The molecule has 2 aliphatic rings. The third-order valence-electron chi connectivity index (χ3n) is 5.00. The van der Waals surface area contributed by atoms with Crippen LogP contribution in [0.4, 0.5) is 10.6 Å². The van der Waals surface area contributed by atoms with Gasteiger partial charge in [-0.15, -0.1) is 10.2 Å². The van der Waals surface area contributed by atoms with Crippen LogP contribution >= 0.6 is 11.6 Å². The second-order valence-electron chi connectivity index (χ2n) is 8.44. The number of ether oxygens (including phenoxy) is 2. The van der Waals surface area contributed by atoms with Gasteiger partial charge < -0.3 is 15.2 Å². The molecule has 8 nitrogen and oxygen atoms in total. The first-order valence-corrected chi connectivity index (χ1v) is 10.1. The predicted octanol–water partition coefficient (Wildman–Crippen LogP) is 3.57. The average molecular weight is 430 g/mol. The Bertz CT molecular complexity index is 1000. The van der Waals surface area contributed by atoms with Gasteiger partial charge in [0.15, 0.2) is 11.0 Å². The molecule has 2 aromatic heterocycles. The van der Waals surface area contributed by atoms with Crippen LogP contribution in [-0.2, 0) is 9.47 Å². The Kier molecular flexibility index (Phi) is 5.38. The molecular formula is C21H24ClN5O3. The van der Waals surface area contributed by atoms with E-state index in [1.165, 1.54) is 0 Å². The Hall–Kier alpha value is -2.71. The number of morpholine rings is 1. The molecule has 1 fully saturated rings. The minimum absolute atomic E-state index is 0.0858. The predicted molar refractivity (Wildman–Crippen MR) is 114 cm³/mol. The average Bonchev–Trinajstić information content (AvgIpc) is 2.67. The van der Waals surface area contributed by atoms with E-state index in [-0.39, 0.29) is 29.1 Å². The number of aromatic nitrogens is 3. The van der Waals surface area contributed by atoms with E-state index in [1.54, 1.807) is 17.2 Å². The molecule has 2 N–H and O–H groups in total. The van der Waals surface area contributed by atoms with Crippen molar-refractivity contribution in [1.29, 1.82) is 0 Å². The van der Waals surface area contributed by atoms with Crippen LogP contribution in [0, 0.1) is 0 Å². The summed E-state index contributed by atoms with van der Waals surface area (Å²) in [6.07, 6.45) is 4.15. The smallest absolute Gasteiger partial charge is 0.411 e. The number of carbonyl (C=O) groups is 1. The van der Waals surface area contributed by atoms with E-state index in [0.717, 1.165) is 11.1 Å². The lowest BCUT2D eigenvalue weighted by Crippen LogP contribution is -2.57. The van der Waals surface area contributed by atoms with Crippen molar-refractivity contribution in [2.45, 2.75) is 44.9 Å². The van der Waals surface area contributed by atoms with Crippen LogP contribution in [0.5, 0.6) is 0 Å². The van der Waals surface area contributed by atoms with Crippen LogP contribution in [0.15, 0.2) is 30.5 Å². The zero-order valence-corrected chi connectivity index (χ0v) is 17.9. The normalized spacial score (nSPS) is 21.2. The number of hydrogen-bond acceptors (Lipinski definition) is 7. The Balaban J connectivity index is 1.64. The summed E-state index contributed by atoms with van der Waals surface area (Å²) in [4.78, 5) is 19.0. The Labute approximate surface area is 180 Å². The van der Waals surface area contributed by atoms with E-state index in [4.69, 9.17) is 26.8 Å². The van der Waals surface area contributed by atoms with Gasteiger partial charge in [-0.05, 0) is 56.5 Å². The van der Waals surface area contributed by atoms with Gasteiger partial charge in [0, 0.05) is 11.8 Å². The van der Waals surface area contributed by atoms with Crippen molar-refractivity contribution in [3.05, 3.63) is 41.2 Å². The number of amides is 1. The van der Waals surface area contributed by atoms with Gasteiger partial charge in [0.1, 0.15) is 5.60 Å². The molecule has 2 bridgehead atoms. The summed E-state index contributed by atoms with van der Waals surface area (Å²) in [5.41, 5.74) is 8.85. The van der Waals surface area contributed by atoms with Gasteiger partial charge in [-0.25, -0.2) is 4.79 Å². The molecule has 2 atom stereocenters. The maximum Gasteiger partial charge on any atom is 0.411 e. The van der Waals surface area contributed by atoms with E-state index in [2.05, 4.69) is 21.3 Å². The lowest BCUT2D eigenvalue weighted by molar-refractivity contribution is -0.0510. The van der Waals surface area contributed by atoms with Gasteiger partial charge in [-0.2, -0.15) is 0 Å². The minimum Gasteiger partial charge on any atom is -0.444 e. The molecular weight excluding hydrogens is 406 g/mol. The molecule has 0 unspecified atom stereocenters. The number of nitrogen functional groups attached to an aromatic ring is 1. The monoisotopic (exact) mass is 429 g/mol. The molecule has 0 aliphatic carbocycles. The van der Waals surface area contributed by atoms with Gasteiger partial charge in [0.2, 0.25) is 0 Å². The van der Waals surface area contributed by atoms with E-state index in [0.29, 0.717) is 30.9 Å². The first-order valence-electron chi connectivity index (χ1n) is 9.76. The molecule has 30 heavy (non-hydrogen) atoms. The molecule has 0 aromatic carbocycles. The number of nitrogens with zero attached hydrogens (tertiary/aromatic N) is 4. The first-order chi connectivity index (χ1) is 14.2. The minimum atomic E-state index is -0.546. The second kappa shape index (κ2) is 7.85. The summed E-state index contributed by atoms with van der Waals surface area (Å²) >= 11 is 5.98. The molecule has 0 spiro atoms. The Morgan fingerprint density at radius 3 is 2.83 bits per heavy atom. The molecule has 0 radical (unpaired) electrons. The number of anilines is 1. The third kappa shape index (κ3) is 4.24. The number of nitrogens with two attached hydrogens (primary N) is 1. The summed E-state index contributed by atoms with van der Waals surface area (Å²) in [6, 6.07) is 5.29. The summed E-state index contributed by atoms with van der Waals surface area (Å²) in [7, 11) is 0. The Morgan fingerprint density at radius 1 is 1.30 bits per heavy atom. The first kappa shape index (κ1) is 20.6. The lowest BCUT2D eigenvalue weighted by atomic mass is 9.90. The third-order valence-corrected chi connectivity index (χ3v) is 5.19. The topological polar surface area (TPSA) is 103 Å². The molecule has 1 saturated heterocycles. The van der Waals surface area contributed by atoms with Crippen molar-refractivity contribution < 1.29 is 14.3 Å². The van der Waals surface area contributed by atoms with Crippen LogP contribution in [0.3, 0.4) is 0 Å². The number of fused-ring (bicyclic) bond motifs is 2. The quantitative estimate of drug-likeness (QED) is 0.778. The highest BCUT2D eigenvalue weighted by molar-refractivity contribution is 6.29. The van der Waals surface area contributed by atoms with Crippen LogP contribution < -0.4 is 5.73 Å². The van der Waals surface area contributed by atoms with E-state index < -0.39 is 5.60 Å². The largest absolute Gasteiger partial charge is 0.444 e. The zero-order chi connectivity index (χ0) is 21.5. The van der Waals surface area contributed by atoms with Gasteiger partial charge >= 0.3 is 6.09 Å². The molecule has 1 amide bonds. The van der Waals surface area contributed by atoms with Crippen molar-refractivity contribution in [3.63, 3.8) is 0 Å². The highest BCUT2D eigenvalue weighted by Gasteiger charge is 2.40. The van der Waals surface area contributed by atoms with Crippen LogP contribution in [0.25, 0.3) is 16.8 Å². The number of pyridine rings is 1. The van der Waals surface area contributed by atoms with E-state index in [1.807, 2.05) is 32.9 Å². The summed E-state index contributed by atoms with van der Waals surface area (Å²) in [6.45, 7) is 6.52. The highest BCUT2D eigenvalue weighted by Crippen LogP contribution is 2.35.